The van der Waals surface area contributed by atoms with Gasteiger partial charge in [-0.3, -0.25) is 4.79 Å². The molecule has 2 nitrogen and oxygen atoms in total. The van der Waals surface area contributed by atoms with E-state index in [4.69, 9.17) is 0 Å². The van der Waals surface area contributed by atoms with Gasteiger partial charge in [0.1, 0.15) is 27.8 Å². The van der Waals surface area contributed by atoms with Gasteiger partial charge in [-0.25, -0.2) is 22.0 Å². The molecule has 0 aliphatic heterocycles. The molecule has 0 saturated heterocycles. The van der Waals surface area contributed by atoms with Crippen LogP contribution in [0.2, 0.25) is 0 Å². The summed E-state index contributed by atoms with van der Waals surface area (Å²) in [6.07, 6.45) is 1.65. The number of carbonyl (C=O) groups is 1. The van der Waals surface area contributed by atoms with E-state index in [1.807, 2.05) is 49.4 Å². The second-order valence-electron chi connectivity index (χ2n) is 7.31. The minimum atomic E-state index is -6.30. The maximum Gasteiger partial charge on any atom is 0.515 e. The third-order valence-electron chi connectivity index (χ3n) is 4.59. The van der Waals surface area contributed by atoms with Gasteiger partial charge in [-0.2, -0.15) is 0 Å². The van der Waals surface area contributed by atoms with Crippen molar-refractivity contribution in [2.45, 2.75) is 11.8 Å². The lowest BCUT2D eigenvalue weighted by molar-refractivity contribution is 0.102. The van der Waals surface area contributed by atoms with Crippen LogP contribution in [0.5, 0.6) is 0 Å². The van der Waals surface area contributed by atoms with Crippen LogP contribution in [0.3, 0.4) is 0 Å². The average molecular weight is 508 g/mol. The Bertz CT molecular complexity index is 1200. The molecule has 0 aromatic heterocycles. The SMILES string of the molecule is Cc1ccc(C(=O)C[S+](C)(=O)c2ccccc2)cc1.Fc1c(F)c(F)c([B-](F)(F)F)c(F)c1F. The molecule has 0 aliphatic rings. The molecule has 0 bridgehead atoms. The van der Waals surface area contributed by atoms with Crippen LogP contribution < -0.4 is 5.46 Å². The lowest BCUT2D eigenvalue weighted by Gasteiger charge is -2.17. The number of aryl methyl sites for hydroxylation is 1. The summed E-state index contributed by atoms with van der Waals surface area (Å²) < 4.78 is 110. The third kappa shape index (κ3) is 6.31. The van der Waals surface area contributed by atoms with E-state index in [2.05, 4.69) is 0 Å². The molecule has 0 saturated carbocycles. The van der Waals surface area contributed by atoms with E-state index in [-0.39, 0.29) is 11.5 Å². The smallest absolute Gasteiger partial charge is 0.445 e. The molecule has 0 N–H and O–H groups in total. The summed E-state index contributed by atoms with van der Waals surface area (Å²) in [6.45, 7) is -4.33. The molecule has 0 aliphatic carbocycles. The molecule has 12 heteroatoms. The Morgan fingerprint density at radius 2 is 1.21 bits per heavy atom. The molecule has 3 rings (SSSR count). The van der Waals surface area contributed by atoms with Crippen molar-refractivity contribution < 1.29 is 43.9 Å². The van der Waals surface area contributed by atoms with Gasteiger partial charge in [-0.05, 0) is 24.5 Å². The van der Waals surface area contributed by atoms with Gasteiger partial charge < -0.3 is 12.9 Å². The highest BCUT2D eigenvalue weighted by Gasteiger charge is 2.38. The summed E-state index contributed by atoms with van der Waals surface area (Å²) in [7, 11) is -2.32. The normalized spacial score (nSPS) is 13.0. The van der Waals surface area contributed by atoms with Gasteiger partial charge in [0.15, 0.2) is 28.1 Å². The number of halogens is 8. The second-order valence-corrected chi connectivity index (χ2v) is 10.1. The van der Waals surface area contributed by atoms with E-state index < -0.39 is 51.5 Å². The van der Waals surface area contributed by atoms with Gasteiger partial charge in [-0.15, -0.1) is 0 Å². The fraction of sp³-hybridized carbons (Fsp3) is 0.136. The highest BCUT2D eigenvalue weighted by atomic mass is 32.2. The number of carbonyl (C=O) groups excluding carboxylic acids is 1. The molecule has 1 unspecified atom stereocenters. The molecule has 0 spiro atoms. The monoisotopic (exact) mass is 508 g/mol. The third-order valence-corrected chi connectivity index (χ3v) is 6.68. The predicted molar refractivity (Wildman–Crippen MR) is 114 cm³/mol. The van der Waals surface area contributed by atoms with Gasteiger partial charge in [-0.1, -0.05) is 52.2 Å². The van der Waals surface area contributed by atoms with Crippen molar-refractivity contribution in [3.05, 3.63) is 94.8 Å². The fourth-order valence-corrected chi connectivity index (χ4v) is 4.34. The molecule has 182 valence electrons. The van der Waals surface area contributed by atoms with E-state index >= 15 is 0 Å². The van der Waals surface area contributed by atoms with E-state index in [9.17, 15) is 43.9 Å². The number of rotatable bonds is 5. The molecule has 0 fully saturated rings. The van der Waals surface area contributed by atoms with Crippen LogP contribution in [0.1, 0.15) is 15.9 Å². The summed E-state index contributed by atoms with van der Waals surface area (Å²) in [5.74, 6) is -13.6. The summed E-state index contributed by atoms with van der Waals surface area (Å²) in [5.41, 5.74) is -1.00. The van der Waals surface area contributed by atoms with Crippen LogP contribution in [0.4, 0.5) is 34.9 Å². The molecule has 34 heavy (non-hydrogen) atoms. The first-order valence-electron chi connectivity index (χ1n) is 9.50. The maximum absolute atomic E-state index is 12.6. The molecular weight excluding hydrogens is 491 g/mol. The molecule has 0 radical (unpaired) electrons. The van der Waals surface area contributed by atoms with Crippen molar-refractivity contribution in [2.24, 2.45) is 0 Å². The van der Waals surface area contributed by atoms with Crippen LogP contribution in [-0.4, -0.2) is 24.8 Å². The summed E-state index contributed by atoms with van der Waals surface area (Å²) >= 11 is 0. The highest BCUT2D eigenvalue weighted by molar-refractivity contribution is 8.03. The predicted octanol–water partition coefficient (Wildman–Crippen LogP) is 5.80. The topological polar surface area (TPSA) is 34.1 Å². The van der Waals surface area contributed by atoms with E-state index in [0.29, 0.717) is 5.56 Å². The first kappa shape index (κ1) is 27.2. The largest absolute Gasteiger partial charge is 0.515 e. The maximum atomic E-state index is 12.6. The Kier molecular flexibility index (Phi) is 8.41. The van der Waals surface area contributed by atoms with E-state index in [0.717, 1.165) is 10.5 Å². The second kappa shape index (κ2) is 10.5. The standard InChI is InChI=1S/C16H17O2S.C6BF8/c1-13-8-10-14(11-9-13)16(17)12-19(2,18)15-6-4-3-5-7-15;8-2-1(7(13,14)15)3(9)5(11)6(12)4(2)10/h3-11H,12H2,1-2H3;/q+1;-1. The summed E-state index contributed by atoms with van der Waals surface area (Å²) in [6, 6.07) is 16.6. The molecule has 0 heterocycles. The number of Topliss-reactive ketones (excluding diaryl/α,β-unsaturated/α-hetero) is 1. The van der Waals surface area contributed by atoms with Crippen molar-refractivity contribution >= 4 is 28.2 Å². The van der Waals surface area contributed by atoms with Crippen molar-refractivity contribution in [2.75, 3.05) is 12.0 Å². The Morgan fingerprint density at radius 1 is 0.765 bits per heavy atom. The van der Waals surface area contributed by atoms with E-state index in [1.165, 1.54) is 0 Å². The van der Waals surface area contributed by atoms with Crippen molar-refractivity contribution in [1.29, 1.82) is 0 Å². The lowest BCUT2D eigenvalue weighted by atomic mass is 9.79. The van der Waals surface area contributed by atoms with Crippen LogP contribution in [0, 0.1) is 36.0 Å². The summed E-state index contributed by atoms with van der Waals surface area (Å²) in [4.78, 5) is 12.9. The quantitative estimate of drug-likeness (QED) is 0.109. The Balaban J connectivity index is 0.000000248. The number of hydrogen-bond donors (Lipinski definition) is 0. The van der Waals surface area contributed by atoms with Gasteiger partial charge in [0.05, 0.1) is 0 Å². The zero-order valence-electron chi connectivity index (χ0n) is 17.7. The van der Waals surface area contributed by atoms with E-state index in [1.54, 1.807) is 18.4 Å². The van der Waals surface area contributed by atoms with Crippen LogP contribution in [-0.2, 0) is 14.1 Å². The van der Waals surface area contributed by atoms with Crippen LogP contribution in [0.15, 0.2) is 59.5 Å². The Labute approximate surface area is 191 Å². The first-order chi connectivity index (χ1) is 15.7. The average Bonchev–Trinajstić information content (AvgIpc) is 2.77. The van der Waals surface area contributed by atoms with Crippen LogP contribution in [0.25, 0.3) is 0 Å². The summed E-state index contributed by atoms with van der Waals surface area (Å²) in [5, 5.41) is 0. The van der Waals surface area contributed by atoms with Crippen molar-refractivity contribution in [3.8, 4) is 0 Å². The van der Waals surface area contributed by atoms with Gasteiger partial charge >= 0.3 is 6.98 Å². The lowest BCUT2D eigenvalue weighted by Crippen LogP contribution is -2.41. The Morgan fingerprint density at radius 3 is 1.65 bits per heavy atom. The zero-order valence-corrected chi connectivity index (χ0v) is 18.5. The highest BCUT2D eigenvalue weighted by Crippen LogP contribution is 2.21. The zero-order chi connectivity index (χ0) is 25.8. The van der Waals surface area contributed by atoms with Crippen molar-refractivity contribution in [3.63, 3.8) is 0 Å². The first-order valence-corrected chi connectivity index (χ1v) is 11.6. The molecular formula is C22H17BF8O2S. The number of benzene rings is 3. The van der Waals surface area contributed by atoms with Gasteiger partial charge in [0, 0.05) is 5.56 Å². The number of ketones is 1. The molecule has 0 amide bonds. The molecule has 3 aromatic carbocycles. The number of hydrogen-bond acceptors (Lipinski definition) is 2. The van der Waals surface area contributed by atoms with Gasteiger partial charge in [0.25, 0.3) is 0 Å². The molecule has 1 atom stereocenters. The van der Waals surface area contributed by atoms with Crippen LogP contribution >= 0.6 is 0 Å². The minimum Gasteiger partial charge on any atom is -0.445 e. The van der Waals surface area contributed by atoms with Crippen molar-refractivity contribution in [1.82, 2.24) is 0 Å². The minimum absolute atomic E-state index is 0.0556. The van der Waals surface area contributed by atoms with Gasteiger partial charge in [0.2, 0.25) is 5.78 Å². The Hall–Kier alpha value is -3.02. The molecule has 3 aromatic rings. The fourth-order valence-electron chi connectivity index (χ4n) is 2.77.